The lowest BCUT2D eigenvalue weighted by atomic mass is 10.2. The number of esters is 1. The van der Waals surface area contributed by atoms with Gasteiger partial charge in [0.25, 0.3) is 0 Å². The lowest BCUT2D eigenvalue weighted by Gasteiger charge is -2.05. The molecule has 0 aliphatic rings. The Labute approximate surface area is 165 Å². The fraction of sp³-hybridized carbons (Fsp3) is 0.250. The molecular weight excluding hydrogens is 384 g/mol. The van der Waals surface area contributed by atoms with Crippen LogP contribution in [0.5, 0.6) is 0 Å². The molecule has 2 aromatic heterocycles. The highest BCUT2D eigenvalue weighted by Gasteiger charge is 2.18. The van der Waals surface area contributed by atoms with E-state index in [2.05, 4.69) is 15.0 Å². The number of H-pyrrole nitrogens is 1. The third-order valence-electron chi connectivity index (χ3n) is 3.83. The summed E-state index contributed by atoms with van der Waals surface area (Å²) in [5.74, 6) is -1.18. The molecule has 0 amide bonds. The molecule has 0 unspecified atom stereocenters. The number of carbonyl (C=O) groups is 1. The second-order valence-corrected chi connectivity index (χ2v) is 7.52. The van der Waals surface area contributed by atoms with E-state index in [1.54, 1.807) is 24.5 Å². The Morgan fingerprint density at radius 2 is 1.86 bits per heavy atom. The smallest absolute Gasteiger partial charge is 0.313 e. The Balaban J connectivity index is 1.70. The molecule has 146 valence electrons. The molecule has 8 heteroatoms. The number of benzene rings is 1. The fourth-order valence-electron chi connectivity index (χ4n) is 2.50. The largest absolute Gasteiger partial charge is 0.460 e. The lowest BCUT2D eigenvalue weighted by molar-refractivity contribution is -0.144. The summed E-state index contributed by atoms with van der Waals surface area (Å²) in [6.45, 7) is 4.09. The molecule has 5 nitrogen and oxygen atoms in total. The minimum Gasteiger partial charge on any atom is -0.460 e. The minimum absolute atomic E-state index is 0.0249. The number of hydrogen-bond acceptors (Lipinski definition) is 5. The van der Waals surface area contributed by atoms with Crippen LogP contribution in [0, 0.1) is 11.6 Å². The summed E-state index contributed by atoms with van der Waals surface area (Å²) in [6, 6.07) is 6.85. The third kappa shape index (κ3) is 5.39. The lowest BCUT2D eigenvalue weighted by Crippen LogP contribution is -2.09. The Bertz CT molecular complexity index is 941. The van der Waals surface area contributed by atoms with E-state index in [9.17, 15) is 13.6 Å². The molecular formula is C20H19F2N3O2S. The number of hydrogen-bond donors (Lipinski definition) is 1. The molecule has 2 heterocycles. The molecule has 0 aliphatic heterocycles. The van der Waals surface area contributed by atoms with Crippen LogP contribution in [0.2, 0.25) is 0 Å². The maximum Gasteiger partial charge on any atom is 0.313 e. The number of nitrogens with one attached hydrogen (secondary N) is 1. The highest BCUT2D eigenvalue weighted by atomic mass is 32.2. The maximum atomic E-state index is 13.4. The van der Waals surface area contributed by atoms with Crippen molar-refractivity contribution in [2.75, 3.05) is 0 Å². The van der Waals surface area contributed by atoms with E-state index in [0.717, 1.165) is 29.1 Å². The van der Waals surface area contributed by atoms with Gasteiger partial charge in [-0.2, -0.15) is 0 Å². The van der Waals surface area contributed by atoms with Crippen molar-refractivity contribution in [2.45, 2.75) is 42.7 Å². The SMILES string of the molecule is CC(C)c1[nH]c(CC(=O)OCc2ccncc2)nc1Sc1cc(F)cc(F)c1. The monoisotopic (exact) mass is 403 g/mol. The van der Waals surface area contributed by atoms with Gasteiger partial charge in [0.1, 0.15) is 35.5 Å². The zero-order valence-electron chi connectivity index (χ0n) is 15.4. The van der Waals surface area contributed by atoms with Crippen molar-refractivity contribution in [2.24, 2.45) is 0 Å². The van der Waals surface area contributed by atoms with Crippen LogP contribution in [0.1, 0.15) is 36.8 Å². The number of carbonyl (C=O) groups excluding carboxylic acids is 1. The standard InChI is InChI=1S/C20H19F2N3O2S/c1-12(2)19-20(28-16-8-14(21)7-15(22)9-16)25-17(24-19)10-18(26)27-11-13-3-5-23-6-4-13/h3-9,12H,10-11H2,1-2H3,(H,24,25). The van der Waals surface area contributed by atoms with Gasteiger partial charge in [0.2, 0.25) is 0 Å². The molecule has 0 fully saturated rings. The van der Waals surface area contributed by atoms with Crippen LogP contribution in [0.3, 0.4) is 0 Å². The molecule has 0 aliphatic carbocycles. The van der Waals surface area contributed by atoms with Gasteiger partial charge in [-0.3, -0.25) is 9.78 Å². The summed E-state index contributed by atoms with van der Waals surface area (Å²) in [7, 11) is 0. The van der Waals surface area contributed by atoms with Gasteiger partial charge in [-0.25, -0.2) is 13.8 Å². The topological polar surface area (TPSA) is 67.9 Å². The van der Waals surface area contributed by atoms with E-state index < -0.39 is 17.6 Å². The van der Waals surface area contributed by atoms with E-state index in [1.165, 1.54) is 12.1 Å². The van der Waals surface area contributed by atoms with E-state index in [0.29, 0.717) is 15.7 Å². The van der Waals surface area contributed by atoms with Gasteiger partial charge in [0, 0.05) is 23.4 Å². The van der Waals surface area contributed by atoms with Crippen molar-refractivity contribution >= 4 is 17.7 Å². The van der Waals surface area contributed by atoms with Gasteiger partial charge in [-0.05, 0) is 35.7 Å². The molecule has 1 N–H and O–H groups in total. The number of halogens is 2. The van der Waals surface area contributed by atoms with E-state index >= 15 is 0 Å². The van der Waals surface area contributed by atoms with E-state index in [4.69, 9.17) is 4.74 Å². The Morgan fingerprint density at radius 3 is 2.50 bits per heavy atom. The first-order valence-electron chi connectivity index (χ1n) is 8.68. The number of aromatic nitrogens is 3. The van der Waals surface area contributed by atoms with Gasteiger partial charge in [-0.1, -0.05) is 25.6 Å². The van der Waals surface area contributed by atoms with Crippen LogP contribution in [0.15, 0.2) is 52.6 Å². The van der Waals surface area contributed by atoms with Crippen LogP contribution >= 0.6 is 11.8 Å². The Morgan fingerprint density at radius 1 is 1.18 bits per heavy atom. The Hall–Kier alpha value is -2.74. The number of aromatic amines is 1. The number of nitrogens with zero attached hydrogens (tertiary/aromatic N) is 2. The summed E-state index contributed by atoms with van der Waals surface area (Å²) in [5, 5.41) is 0.580. The number of rotatable bonds is 7. The Kier molecular flexibility index (Phi) is 6.41. The van der Waals surface area contributed by atoms with Crippen molar-refractivity contribution < 1.29 is 18.3 Å². The summed E-state index contributed by atoms with van der Waals surface area (Å²) in [5.41, 5.74) is 1.64. The first-order chi connectivity index (χ1) is 13.4. The van der Waals surface area contributed by atoms with E-state index in [-0.39, 0.29) is 18.9 Å². The molecule has 0 spiro atoms. The normalized spacial score (nSPS) is 11.0. The van der Waals surface area contributed by atoms with Crippen molar-refractivity contribution in [1.29, 1.82) is 0 Å². The van der Waals surface area contributed by atoms with Gasteiger partial charge in [0.15, 0.2) is 0 Å². The summed E-state index contributed by atoms with van der Waals surface area (Å²) in [6.07, 6.45) is 3.23. The number of ether oxygens (including phenoxy) is 1. The van der Waals surface area contributed by atoms with Crippen LogP contribution in [0.4, 0.5) is 8.78 Å². The second-order valence-electron chi connectivity index (χ2n) is 6.46. The molecule has 0 bridgehead atoms. The van der Waals surface area contributed by atoms with Crippen LogP contribution < -0.4 is 0 Å². The zero-order valence-corrected chi connectivity index (χ0v) is 16.2. The van der Waals surface area contributed by atoms with Gasteiger partial charge >= 0.3 is 5.97 Å². The second kappa shape index (κ2) is 8.97. The van der Waals surface area contributed by atoms with Crippen LogP contribution in [0.25, 0.3) is 0 Å². The van der Waals surface area contributed by atoms with Gasteiger partial charge in [-0.15, -0.1) is 0 Å². The molecule has 0 atom stereocenters. The fourth-order valence-corrected chi connectivity index (χ4v) is 3.62. The first kappa shape index (κ1) is 20.0. The number of pyridine rings is 1. The third-order valence-corrected chi connectivity index (χ3v) is 4.81. The molecule has 3 aromatic rings. The van der Waals surface area contributed by atoms with E-state index in [1.807, 2.05) is 13.8 Å². The molecule has 1 aromatic carbocycles. The molecule has 0 saturated heterocycles. The van der Waals surface area contributed by atoms with Crippen molar-refractivity contribution in [3.63, 3.8) is 0 Å². The predicted molar refractivity (Wildman–Crippen MR) is 101 cm³/mol. The highest BCUT2D eigenvalue weighted by Crippen LogP contribution is 2.33. The molecule has 28 heavy (non-hydrogen) atoms. The van der Waals surface area contributed by atoms with Crippen molar-refractivity contribution in [3.8, 4) is 0 Å². The van der Waals surface area contributed by atoms with Gasteiger partial charge in [0.05, 0.1) is 5.69 Å². The first-order valence-corrected chi connectivity index (χ1v) is 9.49. The number of imidazole rings is 1. The van der Waals surface area contributed by atoms with Crippen LogP contribution in [-0.4, -0.2) is 20.9 Å². The molecule has 3 rings (SSSR count). The average Bonchev–Trinajstić information content (AvgIpc) is 3.02. The summed E-state index contributed by atoms with van der Waals surface area (Å²) >= 11 is 1.15. The average molecular weight is 403 g/mol. The van der Waals surface area contributed by atoms with Crippen molar-refractivity contribution in [1.82, 2.24) is 15.0 Å². The molecule has 0 saturated carbocycles. The summed E-state index contributed by atoms with van der Waals surface area (Å²) in [4.78, 5) is 24.0. The van der Waals surface area contributed by atoms with Gasteiger partial charge < -0.3 is 9.72 Å². The van der Waals surface area contributed by atoms with Crippen LogP contribution in [-0.2, 0) is 22.6 Å². The minimum atomic E-state index is -0.649. The maximum absolute atomic E-state index is 13.4. The summed E-state index contributed by atoms with van der Waals surface area (Å²) < 4.78 is 32.1. The highest BCUT2D eigenvalue weighted by molar-refractivity contribution is 7.99. The quantitative estimate of drug-likeness (QED) is 0.582. The predicted octanol–water partition coefficient (Wildman–Crippen LogP) is 4.64. The molecule has 0 radical (unpaired) electrons. The van der Waals surface area contributed by atoms with Crippen molar-refractivity contribution in [3.05, 3.63) is 71.4 Å². The zero-order chi connectivity index (χ0) is 20.1.